The van der Waals surface area contributed by atoms with E-state index >= 15 is 0 Å². The molecule has 2 N–H and O–H groups in total. The quantitative estimate of drug-likeness (QED) is 0.909. The molecule has 5 nitrogen and oxygen atoms in total. The van der Waals surface area contributed by atoms with Gasteiger partial charge in [-0.15, -0.1) is 0 Å². The van der Waals surface area contributed by atoms with Gasteiger partial charge in [-0.05, 0) is 49.6 Å². The lowest BCUT2D eigenvalue weighted by atomic mass is 9.97. The van der Waals surface area contributed by atoms with Gasteiger partial charge in [0.25, 0.3) is 5.91 Å². The zero-order chi connectivity index (χ0) is 17.4. The average Bonchev–Trinajstić information content (AvgIpc) is 2.56. The van der Waals surface area contributed by atoms with Crippen molar-refractivity contribution in [1.82, 2.24) is 0 Å². The Morgan fingerprint density at radius 2 is 1.79 bits per heavy atom. The molecule has 5 heteroatoms. The number of amides is 1. The molecule has 0 bridgehead atoms. The van der Waals surface area contributed by atoms with E-state index in [9.17, 15) is 14.7 Å². The highest BCUT2D eigenvalue weighted by atomic mass is 16.4. The normalized spacial score (nSPS) is 17.9. The van der Waals surface area contributed by atoms with Crippen molar-refractivity contribution in [3.8, 4) is 0 Å². The van der Waals surface area contributed by atoms with E-state index in [-0.39, 0.29) is 5.91 Å². The summed E-state index contributed by atoms with van der Waals surface area (Å²) in [6.45, 7) is 5.48. The Morgan fingerprint density at radius 1 is 1.17 bits per heavy atom. The third-order valence-electron chi connectivity index (χ3n) is 4.53. The Balaban J connectivity index is 2.15. The van der Waals surface area contributed by atoms with Gasteiger partial charge in [0.1, 0.15) is 12.1 Å². The Hall–Kier alpha value is -2.82. The topological polar surface area (TPSA) is 69.6 Å². The highest BCUT2D eigenvalue weighted by molar-refractivity contribution is 6.08. The lowest BCUT2D eigenvalue weighted by molar-refractivity contribution is -0.139. The molecule has 0 saturated carbocycles. The van der Waals surface area contributed by atoms with Gasteiger partial charge in [0.15, 0.2) is 0 Å². The van der Waals surface area contributed by atoms with Gasteiger partial charge in [0.2, 0.25) is 0 Å². The molecule has 24 heavy (non-hydrogen) atoms. The van der Waals surface area contributed by atoms with E-state index in [0.717, 1.165) is 22.4 Å². The van der Waals surface area contributed by atoms with Gasteiger partial charge in [-0.3, -0.25) is 9.69 Å². The van der Waals surface area contributed by atoms with E-state index in [0.29, 0.717) is 5.69 Å². The molecule has 1 aliphatic rings. The number of hydrogen-bond acceptors (Lipinski definition) is 3. The Bertz CT molecular complexity index is 802. The first-order chi connectivity index (χ1) is 11.4. The van der Waals surface area contributed by atoms with Gasteiger partial charge in [0.05, 0.1) is 11.4 Å². The van der Waals surface area contributed by atoms with E-state index in [2.05, 4.69) is 5.32 Å². The average molecular weight is 324 g/mol. The van der Waals surface area contributed by atoms with Gasteiger partial charge >= 0.3 is 5.97 Å². The second kappa shape index (κ2) is 6.00. The van der Waals surface area contributed by atoms with Crippen LogP contribution in [0.15, 0.2) is 42.5 Å². The number of carbonyl (C=O) groups is 2. The van der Waals surface area contributed by atoms with Gasteiger partial charge in [-0.25, -0.2) is 4.79 Å². The number of fused-ring (bicyclic) bond motifs is 1. The van der Waals surface area contributed by atoms with Gasteiger partial charge in [-0.2, -0.15) is 0 Å². The van der Waals surface area contributed by atoms with Crippen LogP contribution < -0.4 is 10.2 Å². The molecule has 2 aromatic rings. The summed E-state index contributed by atoms with van der Waals surface area (Å²) in [5.41, 5.74) is 4.31. The zero-order valence-corrected chi connectivity index (χ0v) is 13.9. The van der Waals surface area contributed by atoms with E-state index in [1.807, 2.05) is 56.3 Å². The van der Waals surface area contributed by atoms with E-state index in [4.69, 9.17) is 0 Å². The van der Waals surface area contributed by atoms with Crippen LogP contribution in [0.3, 0.4) is 0 Å². The molecule has 0 saturated heterocycles. The van der Waals surface area contributed by atoms with Crippen molar-refractivity contribution < 1.29 is 14.7 Å². The van der Waals surface area contributed by atoms with Crippen LogP contribution in [0.2, 0.25) is 0 Å². The number of nitrogens with one attached hydrogen (secondary N) is 1. The van der Waals surface area contributed by atoms with E-state index < -0.39 is 18.1 Å². The van der Waals surface area contributed by atoms with Crippen molar-refractivity contribution in [2.75, 3.05) is 10.2 Å². The maximum atomic E-state index is 13.0. The number of carboxylic acids is 1. The van der Waals surface area contributed by atoms with Crippen LogP contribution in [-0.2, 0) is 9.59 Å². The predicted molar refractivity (Wildman–Crippen MR) is 93.3 cm³/mol. The Morgan fingerprint density at radius 3 is 2.42 bits per heavy atom. The summed E-state index contributed by atoms with van der Waals surface area (Å²) in [5.74, 6) is -1.28. The first-order valence-corrected chi connectivity index (χ1v) is 7.88. The fourth-order valence-electron chi connectivity index (χ4n) is 2.97. The van der Waals surface area contributed by atoms with Gasteiger partial charge in [0, 0.05) is 0 Å². The monoisotopic (exact) mass is 324 g/mol. The van der Waals surface area contributed by atoms with Crippen LogP contribution in [0.5, 0.6) is 0 Å². The minimum atomic E-state index is -1.03. The minimum Gasteiger partial charge on any atom is -0.480 e. The fraction of sp³-hybridized carbons (Fsp3) is 0.263. The van der Waals surface area contributed by atoms with Crippen molar-refractivity contribution in [2.45, 2.75) is 32.9 Å². The fourth-order valence-corrected chi connectivity index (χ4v) is 2.97. The molecule has 1 aliphatic heterocycles. The summed E-state index contributed by atoms with van der Waals surface area (Å²) in [6, 6.07) is 11.7. The highest BCUT2D eigenvalue weighted by Crippen LogP contribution is 2.39. The Labute approximate surface area is 140 Å². The number of aryl methyl sites for hydroxylation is 2. The van der Waals surface area contributed by atoms with Crippen LogP contribution in [0.4, 0.5) is 11.4 Å². The summed E-state index contributed by atoms with van der Waals surface area (Å²) in [5, 5.41) is 12.7. The van der Waals surface area contributed by atoms with Crippen LogP contribution in [0.1, 0.15) is 29.7 Å². The third-order valence-corrected chi connectivity index (χ3v) is 4.53. The summed E-state index contributed by atoms with van der Waals surface area (Å²) in [4.78, 5) is 26.0. The number of carboxylic acid groups (broad SMARTS) is 1. The molecule has 124 valence electrons. The standard InChI is InChI=1S/C19H20N2O3/c1-11-9-15-16(10-12(11)2)21(13(3)19(23)24)18(22)17(20-15)14-7-5-4-6-8-14/h4-10,13,17,20H,1-3H3,(H,23,24). The molecular weight excluding hydrogens is 304 g/mol. The van der Waals surface area contributed by atoms with Crippen molar-refractivity contribution in [1.29, 1.82) is 0 Å². The number of aliphatic carboxylic acids is 1. The second-order valence-electron chi connectivity index (χ2n) is 6.16. The smallest absolute Gasteiger partial charge is 0.326 e. The molecule has 2 unspecified atom stereocenters. The van der Waals surface area contributed by atoms with Crippen LogP contribution in [0, 0.1) is 13.8 Å². The SMILES string of the molecule is Cc1cc2c(cc1C)N(C(C)C(=O)O)C(=O)C(c1ccccc1)N2. The van der Waals surface area contributed by atoms with Crippen LogP contribution >= 0.6 is 0 Å². The summed E-state index contributed by atoms with van der Waals surface area (Å²) in [7, 11) is 0. The second-order valence-corrected chi connectivity index (χ2v) is 6.16. The number of hydrogen-bond donors (Lipinski definition) is 2. The molecule has 0 fully saturated rings. The predicted octanol–water partition coefficient (Wildman–Crippen LogP) is 3.28. The van der Waals surface area contributed by atoms with Gasteiger partial charge in [-0.1, -0.05) is 30.3 Å². The summed E-state index contributed by atoms with van der Waals surface area (Å²) < 4.78 is 0. The van der Waals surface area contributed by atoms with Crippen molar-refractivity contribution in [3.05, 3.63) is 59.2 Å². The molecular formula is C19H20N2O3. The van der Waals surface area contributed by atoms with Crippen LogP contribution in [-0.4, -0.2) is 23.0 Å². The number of nitrogens with zero attached hydrogens (tertiary/aromatic N) is 1. The van der Waals surface area contributed by atoms with Gasteiger partial charge < -0.3 is 10.4 Å². The molecule has 0 spiro atoms. The first-order valence-electron chi connectivity index (χ1n) is 7.88. The molecule has 0 aliphatic carbocycles. The molecule has 2 atom stereocenters. The third kappa shape index (κ3) is 2.62. The summed E-state index contributed by atoms with van der Waals surface area (Å²) >= 11 is 0. The van der Waals surface area contributed by atoms with E-state index in [1.165, 1.54) is 11.8 Å². The molecule has 1 heterocycles. The lowest BCUT2D eigenvalue weighted by Crippen LogP contribution is -2.50. The number of anilines is 2. The van der Waals surface area contributed by atoms with E-state index in [1.54, 1.807) is 0 Å². The van der Waals surface area contributed by atoms with Crippen molar-refractivity contribution in [2.24, 2.45) is 0 Å². The molecule has 1 amide bonds. The molecule has 2 aromatic carbocycles. The largest absolute Gasteiger partial charge is 0.480 e. The molecule has 0 radical (unpaired) electrons. The lowest BCUT2D eigenvalue weighted by Gasteiger charge is -2.38. The maximum Gasteiger partial charge on any atom is 0.326 e. The number of rotatable bonds is 3. The molecule has 0 aromatic heterocycles. The maximum absolute atomic E-state index is 13.0. The first kappa shape index (κ1) is 16.1. The van der Waals surface area contributed by atoms with Crippen molar-refractivity contribution in [3.63, 3.8) is 0 Å². The van der Waals surface area contributed by atoms with Crippen molar-refractivity contribution >= 4 is 23.3 Å². The summed E-state index contributed by atoms with van der Waals surface area (Å²) in [6.07, 6.45) is 0. The Kier molecular flexibility index (Phi) is 4.01. The zero-order valence-electron chi connectivity index (χ0n) is 13.9. The minimum absolute atomic E-state index is 0.258. The molecule has 3 rings (SSSR count). The number of benzene rings is 2. The number of carbonyl (C=O) groups excluding carboxylic acids is 1. The highest BCUT2D eigenvalue weighted by Gasteiger charge is 2.38. The van der Waals surface area contributed by atoms with Crippen LogP contribution in [0.25, 0.3) is 0 Å².